The predicted octanol–water partition coefficient (Wildman–Crippen LogP) is 9.62. The highest BCUT2D eigenvalue weighted by atomic mass is 16.7. The molecular formula is C29H60N2O2. The van der Waals surface area contributed by atoms with E-state index in [-0.39, 0.29) is 6.09 Å². The summed E-state index contributed by atoms with van der Waals surface area (Å²) in [6.07, 6.45) is 31.8. The number of carbonyl (C=O) groups is 1. The molecule has 0 aromatic carbocycles. The van der Waals surface area contributed by atoms with Crippen molar-refractivity contribution in [1.29, 1.82) is 0 Å². The van der Waals surface area contributed by atoms with Crippen LogP contribution in [0.3, 0.4) is 0 Å². The average molecular weight is 469 g/mol. The third-order valence-corrected chi connectivity index (χ3v) is 6.60. The molecular weight excluding hydrogens is 408 g/mol. The summed E-state index contributed by atoms with van der Waals surface area (Å²) in [5, 5.41) is 2.84. The van der Waals surface area contributed by atoms with Gasteiger partial charge in [-0.2, -0.15) is 5.48 Å². The number of unbranched alkanes of at least 4 members (excludes halogenated alkanes) is 22. The van der Waals surface area contributed by atoms with E-state index in [1.807, 2.05) is 0 Å². The Kier molecular flexibility index (Phi) is 28.6. The van der Waals surface area contributed by atoms with E-state index in [1.54, 1.807) is 0 Å². The van der Waals surface area contributed by atoms with Crippen LogP contribution in [-0.4, -0.2) is 19.2 Å². The van der Waals surface area contributed by atoms with Crippen molar-refractivity contribution in [3.8, 4) is 0 Å². The first-order chi connectivity index (χ1) is 16.3. The van der Waals surface area contributed by atoms with E-state index in [1.165, 1.54) is 141 Å². The monoisotopic (exact) mass is 468 g/mol. The van der Waals surface area contributed by atoms with Crippen LogP contribution in [0.2, 0.25) is 0 Å². The minimum Gasteiger partial charge on any atom is -0.354 e. The van der Waals surface area contributed by atoms with Crippen molar-refractivity contribution < 1.29 is 9.63 Å². The van der Waals surface area contributed by atoms with Gasteiger partial charge in [0, 0.05) is 13.1 Å². The van der Waals surface area contributed by atoms with Crippen molar-refractivity contribution in [1.82, 2.24) is 10.8 Å². The van der Waals surface area contributed by atoms with Crippen LogP contribution in [0.4, 0.5) is 4.79 Å². The second kappa shape index (κ2) is 29.3. The third-order valence-electron chi connectivity index (χ3n) is 6.60. The van der Waals surface area contributed by atoms with Crippen LogP contribution in [0.5, 0.6) is 0 Å². The van der Waals surface area contributed by atoms with Gasteiger partial charge in [0.25, 0.3) is 0 Å². The molecule has 0 heterocycles. The molecule has 0 bridgehead atoms. The van der Waals surface area contributed by atoms with Crippen LogP contribution < -0.4 is 10.8 Å². The fourth-order valence-corrected chi connectivity index (χ4v) is 4.35. The molecule has 0 aliphatic heterocycles. The maximum Gasteiger partial charge on any atom is 0.426 e. The van der Waals surface area contributed by atoms with Gasteiger partial charge >= 0.3 is 6.09 Å². The fourth-order valence-electron chi connectivity index (χ4n) is 4.35. The van der Waals surface area contributed by atoms with Gasteiger partial charge in [-0.15, -0.1) is 0 Å². The van der Waals surface area contributed by atoms with Crippen molar-refractivity contribution in [3.05, 3.63) is 0 Å². The molecule has 4 nitrogen and oxygen atoms in total. The summed E-state index contributed by atoms with van der Waals surface area (Å²) >= 11 is 0. The van der Waals surface area contributed by atoms with Gasteiger partial charge in [0.2, 0.25) is 0 Å². The van der Waals surface area contributed by atoms with Crippen molar-refractivity contribution in [2.75, 3.05) is 13.1 Å². The van der Waals surface area contributed by atoms with Crippen LogP contribution in [0.15, 0.2) is 0 Å². The quantitative estimate of drug-likeness (QED) is 0.0931. The van der Waals surface area contributed by atoms with E-state index in [2.05, 4.69) is 24.6 Å². The first-order valence-electron chi connectivity index (χ1n) is 15.0. The molecule has 0 saturated carbocycles. The highest BCUT2D eigenvalue weighted by Crippen LogP contribution is 2.12. The summed E-state index contributed by atoms with van der Waals surface area (Å²) in [6, 6.07) is 0. The second-order valence-electron chi connectivity index (χ2n) is 9.99. The molecule has 0 aliphatic rings. The lowest BCUT2D eigenvalue weighted by molar-refractivity contribution is 0.0888. The molecule has 0 fully saturated rings. The number of carbonyl (C=O) groups excluding carboxylic acids is 1. The van der Waals surface area contributed by atoms with Gasteiger partial charge in [0.15, 0.2) is 0 Å². The fraction of sp³-hybridized carbons (Fsp3) is 0.966. The number of hydrogen-bond acceptors (Lipinski definition) is 3. The Balaban J connectivity index is 3.14. The molecule has 0 atom stereocenters. The van der Waals surface area contributed by atoms with Gasteiger partial charge in [-0.05, 0) is 12.8 Å². The topological polar surface area (TPSA) is 50.4 Å². The van der Waals surface area contributed by atoms with E-state index in [0.29, 0.717) is 0 Å². The first-order valence-corrected chi connectivity index (χ1v) is 15.0. The van der Waals surface area contributed by atoms with Crippen molar-refractivity contribution in [2.45, 2.75) is 168 Å². The summed E-state index contributed by atoms with van der Waals surface area (Å²) in [6.45, 7) is 6.02. The molecule has 0 unspecified atom stereocenters. The standard InChI is InChI=1S/C29H60N2O2/c1-3-5-7-9-11-13-15-17-19-21-23-25-27-30-29(32)33-31-28-26-24-22-20-18-16-14-12-10-8-6-4-2/h31H,3-28H2,1-2H3,(H,30,32). The minimum atomic E-state index is -0.336. The SMILES string of the molecule is CCCCCCCCCCCCCCNOC(=O)NCCCCCCCCCCCCCC. The average Bonchev–Trinajstić information content (AvgIpc) is 2.82. The van der Waals surface area contributed by atoms with Crippen LogP contribution >= 0.6 is 0 Å². The van der Waals surface area contributed by atoms with Crippen molar-refractivity contribution >= 4 is 6.09 Å². The van der Waals surface area contributed by atoms with E-state index in [0.717, 1.165) is 25.9 Å². The Morgan fingerprint density at radius 1 is 0.455 bits per heavy atom. The summed E-state index contributed by atoms with van der Waals surface area (Å²) in [5.74, 6) is 0. The van der Waals surface area contributed by atoms with Gasteiger partial charge in [0.05, 0.1) is 0 Å². The second-order valence-corrected chi connectivity index (χ2v) is 9.99. The molecule has 0 aromatic heterocycles. The maximum atomic E-state index is 11.7. The van der Waals surface area contributed by atoms with Crippen molar-refractivity contribution in [2.24, 2.45) is 0 Å². The minimum absolute atomic E-state index is 0.336. The van der Waals surface area contributed by atoms with E-state index in [4.69, 9.17) is 4.84 Å². The van der Waals surface area contributed by atoms with E-state index < -0.39 is 0 Å². The molecule has 0 spiro atoms. The number of nitrogens with one attached hydrogen (secondary N) is 2. The van der Waals surface area contributed by atoms with Gasteiger partial charge in [-0.1, -0.05) is 155 Å². The zero-order valence-electron chi connectivity index (χ0n) is 22.7. The molecule has 0 saturated heterocycles. The zero-order valence-corrected chi connectivity index (χ0v) is 22.7. The number of hydroxylamine groups is 1. The van der Waals surface area contributed by atoms with Gasteiger partial charge in [-0.25, -0.2) is 4.79 Å². The van der Waals surface area contributed by atoms with Crippen LogP contribution in [0.1, 0.15) is 168 Å². The molecule has 0 rings (SSSR count). The largest absolute Gasteiger partial charge is 0.426 e. The Bertz CT molecular complexity index is 377. The third kappa shape index (κ3) is 29.2. The number of rotatable bonds is 27. The Hall–Kier alpha value is -0.770. The lowest BCUT2D eigenvalue weighted by atomic mass is 10.1. The Morgan fingerprint density at radius 3 is 1.12 bits per heavy atom. The van der Waals surface area contributed by atoms with Gasteiger partial charge in [-0.3, -0.25) is 0 Å². The first kappa shape index (κ1) is 32.2. The van der Waals surface area contributed by atoms with Crippen LogP contribution in [0, 0.1) is 0 Å². The van der Waals surface area contributed by atoms with Gasteiger partial charge in [0.1, 0.15) is 0 Å². The molecule has 0 aromatic rings. The molecule has 0 aliphatic carbocycles. The molecule has 33 heavy (non-hydrogen) atoms. The molecule has 198 valence electrons. The Labute approximate surface area is 207 Å². The van der Waals surface area contributed by atoms with E-state index in [9.17, 15) is 4.79 Å². The Morgan fingerprint density at radius 2 is 0.758 bits per heavy atom. The summed E-state index contributed by atoms with van der Waals surface area (Å²) in [5.41, 5.74) is 2.81. The molecule has 1 amide bonds. The summed E-state index contributed by atoms with van der Waals surface area (Å²) in [7, 11) is 0. The van der Waals surface area contributed by atoms with Crippen molar-refractivity contribution in [3.63, 3.8) is 0 Å². The maximum absolute atomic E-state index is 11.7. The van der Waals surface area contributed by atoms with Crippen LogP contribution in [-0.2, 0) is 4.84 Å². The summed E-state index contributed by atoms with van der Waals surface area (Å²) < 4.78 is 0. The number of hydrogen-bond donors (Lipinski definition) is 2. The number of amides is 1. The highest BCUT2D eigenvalue weighted by Gasteiger charge is 2.01. The van der Waals surface area contributed by atoms with Gasteiger partial charge < -0.3 is 10.2 Å². The molecule has 0 radical (unpaired) electrons. The van der Waals surface area contributed by atoms with Crippen LogP contribution in [0.25, 0.3) is 0 Å². The molecule has 4 heteroatoms. The highest BCUT2D eigenvalue weighted by molar-refractivity contribution is 5.66. The lowest BCUT2D eigenvalue weighted by Gasteiger charge is -2.08. The van der Waals surface area contributed by atoms with E-state index >= 15 is 0 Å². The normalized spacial score (nSPS) is 11.1. The predicted molar refractivity (Wildman–Crippen MR) is 145 cm³/mol. The smallest absolute Gasteiger partial charge is 0.354 e. The molecule has 2 N–H and O–H groups in total. The lowest BCUT2D eigenvalue weighted by Crippen LogP contribution is -2.31. The summed E-state index contributed by atoms with van der Waals surface area (Å²) in [4.78, 5) is 16.7. The zero-order chi connectivity index (χ0) is 24.1.